The van der Waals surface area contributed by atoms with Crippen molar-refractivity contribution >= 4 is 35.1 Å². The highest BCUT2D eigenvalue weighted by Gasteiger charge is 2.23. The minimum Gasteiger partial charge on any atom is -0.495 e. The van der Waals surface area contributed by atoms with E-state index in [1.54, 1.807) is 18.2 Å². The largest absolute Gasteiger partial charge is 0.495 e. The molecule has 1 atom stereocenters. The molecule has 1 aliphatic rings. The first kappa shape index (κ1) is 20.0. The van der Waals surface area contributed by atoms with Crippen LogP contribution >= 0.6 is 11.6 Å². The second-order valence-electron chi connectivity index (χ2n) is 6.09. The van der Waals surface area contributed by atoms with E-state index in [4.69, 9.17) is 21.1 Å². The summed E-state index contributed by atoms with van der Waals surface area (Å²) in [5, 5.41) is 3.06. The van der Waals surface area contributed by atoms with Crippen molar-refractivity contribution in [2.24, 2.45) is 0 Å². The molecule has 2 amide bonds. The van der Waals surface area contributed by atoms with E-state index in [0.29, 0.717) is 29.4 Å². The summed E-state index contributed by atoms with van der Waals surface area (Å²) in [6.07, 6.45) is 2.09. The molecule has 142 valence electrons. The maximum atomic E-state index is 12.3. The Morgan fingerprint density at radius 2 is 2.08 bits per heavy atom. The van der Waals surface area contributed by atoms with Gasteiger partial charge in [-0.2, -0.15) is 0 Å². The lowest BCUT2D eigenvalue weighted by Gasteiger charge is -2.21. The summed E-state index contributed by atoms with van der Waals surface area (Å²) in [5.41, 5.74) is 0.385. The summed E-state index contributed by atoms with van der Waals surface area (Å²) in [5.74, 6) is -0.737. The molecule has 26 heavy (non-hydrogen) atoms. The third kappa shape index (κ3) is 5.62. The fraction of sp³-hybridized carbons (Fsp3) is 0.500. The van der Waals surface area contributed by atoms with Crippen molar-refractivity contribution in [3.05, 3.63) is 23.2 Å². The molecule has 0 aliphatic carbocycles. The summed E-state index contributed by atoms with van der Waals surface area (Å²) in [6, 6.07) is 4.81. The van der Waals surface area contributed by atoms with Gasteiger partial charge in [-0.25, -0.2) is 0 Å². The molecule has 1 N–H and O–H groups in total. The van der Waals surface area contributed by atoms with Crippen LogP contribution in [0.2, 0.25) is 5.02 Å². The van der Waals surface area contributed by atoms with Crippen LogP contribution in [0.25, 0.3) is 0 Å². The molecule has 0 aromatic heterocycles. The molecule has 1 fully saturated rings. The number of carbonyl (C=O) groups is 3. The maximum absolute atomic E-state index is 12.3. The minimum atomic E-state index is -1.02. The van der Waals surface area contributed by atoms with Gasteiger partial charge >= 0.3 is 5.97 Å². The van der Waals surface area contributed by atoms with Gasteiger partial charge in [0.1, 0.15) is 12.3 Å². The van der Waals surface area contributed by atoms with Gasteiger partial charge in [0.05, 0.1) is 12.8 Å². The first-order chi connectivity index (χ1) is 12.4. The Kier molecular flexibility index (Phi) is 7.26. The van der Waals surface area contributed by atoms with Gasteiger partial charge in [0, 0.05) is 18.0 Å². The third-order valence-corrected chi connectivity index (χ3v) is 4.32. The van der Waals surface area contributed by atoms with E-state index in [9.17, 15) is 14.4 Å². The summed E-state index contributed by atoms with van der Waals surface area (Å²) < 4.78 is 10.3. The third-order valence-electron chi connectivity index (χ3n) is 4.09. The molecule has 7 nitrogen and oxygen atoms in total. The number of ether oxygens (including phenoxy) is 2. The molecular weight excluding hydrogens is 360 g/mol. The van der Waals surface area contributed by atoms with E-state index in [2.05, 4.69) is 5.32 Å². The van der Waals surface area contributed by atoms with Crippen molar-refractivity contribution in [1.29, 1.82) is 0 Å². The van der Waals surface area contributed by atoms with Gasteiger partial charge in [-0.15, -0.1) is 0 Å². The van der Waals surface area contributed by atoms with E-state index >= 15 is 0 Å². The van der Waals surface area contributed by atoms with Crippen LogP contribution in [0.4, 0.5) is 5.69 Å². The van der Waals surface area contributed by atoms with E-state index in [1.165, 1.54) is 18.9 Å². The number of hydrogen-bond acceptors (Lipinski definition) is 5. The first-order valence-electron chi connectivity index (χ1n) is 8.52. The van der Waals surface area contributed by atoms with E-state index < -0.39 is 18.0 Å². The average Bonchev–Trinajstić information content (AvgIpc) is 2.79. The quantitative estimate of drug-likeness (QED) is 0.764. The van der Waals surface area contributed by atoms with Crippen LogP contribution in [0.3, 0.4) is 0 Å². The van der Waals surface area contributed by atoms with Gasteiger partial charge < -0.3 is 19.7 Å². The zero-order chi connectivity index (χ0) is 19.1. The number of amides is 2. The predicted octanol–water partition coefficient (Wildman–Crippen LogP) is 2.62. The molecule has 1 saturated heterocycles. The van der Waals surface area contributed by atoms with Crippen LogP contribution in [0.1, 0.15) is 32.6 Å². The van der Waals surface area contributed by atoms with Crippen molar-refractivity contribution in [1.82, 2.24) is 4.90 Å². The molecule has 2 rings (SSSR count). The van der Waals surface area contributed by atoms with Gasteiger partial charge in [0.2, 0.25) is 5.91 Å². The molecule has 1 aliphatic heterocycles. The number of methoxy groups -OCH3 is 1. The van der Waals surface area contributed by atoms with Gasteiger partial charge in [0.25, 0.3) is 5.91 Å². The lowest BCUT2D eigenvalue weighted by Crippen LogP contribution is -2.38. The average molecular weight is 383 g/mol. The molecular formula is C18H23ClN2O5. The lowest BCUT2D eigenvalue weighted by atomic mass is 10.2. The minimum absolute atomic E-state index is 0.0554. The number of likely N-dealkylation sites (tertiary alicyclic amines) is 1. The Morgan fingerprint density at radius 3 is 2.81 bits per heavy atom. The molecule has 1 aromatic rings. The van der Waals surface area contributed by atoms with Gasteiger partial charge in [-0.3, -0.25) is 14.4 Å². The predicted molar refractivity (Wildman–Crippen MR) is 97.2 cm³/mol. The Bertz CT molecular complexity index is 680. The van der Waals surface area contributed by atoms with E-state index in [1.807, 2.05) is 0 Å². The monoisotopic (exact) mass is 382 g/mol. The highest BCUT2D eigenvalue weighted by atomic mass is 35.5. The zero-order valence-electron chi connectivity index (χ0n) is 14.9. The van der Waals surface area contributed by atoms with Crippen LogP contribution < -0.4 is 10.1 Å². The zero-order valence-corrected chi connectivity index (χ0v) is 15.7. The number of nitrogens with zero attached hydrogens (tertiary/aromatic N) is 1. The lowest BCUT2D eigenvalue weighted by molar-refractivity contribution is -0.156. The van der Waals surface area contributed by atoms with Gasteiger partial charge in [0.15, 0.2) is 6.10 Å². The normalized spacial score (nSPS) is 15.8. The Labute approximate surface area is 157 Å². The van der Waals surface area contributed by atoms with Crippen molar-refractivity contribution in [2.75, 3.05) is 25.5 Å². The number of rotatable bonds is 6. The fourth-order valence-electron chi connectivity index (χ4n) is 2.66. The smallest absolute Gasteiger partial charge is 0.326 e. The molecule has 8 heteroatoms. The Morgan fingerprint density at radius 1 is 1.31 bits per heavy atom. The first-order valence-corrected chi connectivity index (χ1v) is 8.90. The van der Waals surface area contributed by atoms with Crippen LogP contribution in [-0.4, -0.2) is 49.0 Å². The van der Waals surface area contributed by atoms with Crippen LogP contribution in [0, 0.1) is 0 Å². The van der Waals surface area contributed by atoms with Gasteiger partial charge in [-0.1, -0.05) is 18.0 Å². The Hall–Kier alpha value is -2.28. The number of hydrogen-bond donors (Lipinski definition) is 1. The molecule has 0 spiro atoms. The van der Waals surface area contributed by atoms with Crippen molar-refractivity contribution < 1.29 is 23.9 Å². The molecule has 0 unspecified atom stereocenters. The van der Waals surface area contributed by atoms with Crippen molar-refractivity contribution in [3.63, 3.8) is 0 Å². The fourth-order valence-corrected chi connectivity index (χ4v) is 2.83. The van der Waals surface area contributed by atoms with E-state index in [0.717, 1.165) is 19.3 Å². The molecule has 0 bridgehead atoms. The highest BCUT2D eigenvalue weighted by Crippen LogP contribution is 2.27. The van der Waals surface area contributed by atoms with Crippen molar-refractivity contribution in [3.8, 4) is 5.75 Å². The highest BCUT2D eigenvalue weighted by molar-refractivity contribution is 6.31. The number of nitrogens with one attached hydrogen (secondary N) is 1. The van der Waals surface area contributed by atoms with Crippen LogP contribution in [0.5, 0.6) is 5.75 Å². The second kappa shape index (κ2) is 9.43. The molecule has 0 radical (unpaired) electrons. The van der Waals surface area contributed by atoms with Gasteiger partial charge in [-0.05, 0) is 38.0 Å². The SMILES string of the molecule is COc1ccc(Cl)cc1NC(=O)[C@@H](C)OC(=O)CN1CCCCCC1=O. The number of carbonyl (C=O) groups excluding carboxylic acids is 3. The Balaban J connectivity index is 1.91. The summed E-state index contributed by atoms with van der Waals surface area (Å²) in [7, 11) is 1.47. The topological polar surface area (TPSA) is 84.9 Å². The molecule has 1 aromatic carbocycles. The number of benzene rings is 1. The maximum Gasteiger partial charge on any atom is 0.326 e. The number of esters is 1. The molecule has 1 heterocycles. The van der Waals surface area contributed by atoms with Crippen LogP contribution in [0.15, 0.2) is 18.2 Å². The summed E-state index contributed by atoms with van der Waals surface area (Å²) in [4.78, 5) is 37.8. The second-order valence-corrected chi connectivity index (χ2v) is 6.53. The van der Waals surface area contributed by atoms with Crippen LogP contribution in [-0.2, 0) is 19.1 Å². The van der Waals surface area contributed by atoms with E-state index in [-0.39, 0.29) is 12.5 Å². The summed E-state index contributed by atoms with van der Waals surface area (Å²) >= 11 is 5.93. The number of anilines is 1. The summed E-state index contributed by atoms with van der Waals surface area (Å²) in [6.45, 7) is 1.86. The molecule has 0 saturated carbocycles. The van der Waals surface area contributed by atoms with Crippen molar-refractivity contribution in [2.45, 2.75) is 38.7 Å². The standard InChI is InChI=1S/C18H23ClN2O5/c1-12(18(24)20-14-10-13(19)7-8-15(14)25-2)26-17(23)11-21-9-5-3-4-6-16(21)22/h7-8,10,12H,3-6,9,11H2,1-2H3,(H,20,24)/t12-/m1/s1. The number of halogens is 1.